The first-order valence-corrected chi connectivity index (χ1v) is 9.38. The van der Waals surface area contributed by atoms with E-state index >= 15 is 0 Å². The quantitative estimate of drug-likeness (QED) is 0.540. The number of guanidine groups is 1. The van der Waals surface area contributed by atoms with E-state index in [1.807, 2.05) is 60.5 Å². The summed E-state index contributed by atoms with van der Waals surface area (Å²) in [4.78, 5) is 23.2. The molecule has 1 aliphatic rings. The third-order valence-corrected chi connectivity index (χ3v) is 5.05. The molecule has 0 bridgehead atoms. The van der Waals surface area contributed by atoms with Crippen LogP contribution in [-0.2, 0) is 18.4 Å². The fourth-order valence-electron chi connectivity index (χ4n) is 3.57. The third kappa shape index (κ3) is 3.55. The number of carbonyl (C=O) groups is 1. The molecule has 1 atom stereocenters. The van der Waals surface area contributed by atoms with Gasteiger partial charge in [0.05, 0.1) is 23.6 Å². The first kappa shape index (κ1) is 18.0. The average Bonchev–Trinajstić information content (AvgIpc) is 3.25. The van der Waals surface area contributed by atoms with Gasteiger partial charge in [0, 0.05) is 32.7 Å². The summed E-state index contributed by atoms with van der Waals surface area (Å²) >= 11 is 0. The third-order valence-electron chi connectivity index (χ3n) is 5.05. The number of aryl methyl sites for hydroxylation is 1. The lowest BCUT2D eigenvalue weighted by Crippen LogP contribution is -2.44. The number of carbonyl (C=O) groups excluding carboxylic acids is 1. The summed E-state index contributed by atoms with van der Waals surface area (Å²) in [7, 11) is 3.74. The van der Waals surface area contributed by atoms with Crippen molar-refractivity contribution in [1.82, 2.24) is 20.2 Å². The second-order valence-electron chi connectivity index (χ2n) is 6.89. The molecule has 7 heteroatoms. The Bertz CT molecular complexity index is 1010. The molecule has 1 saturated heterocycles. The molecule has 1 amide bonds. The highest BCUT2D eigenvalue weighted by Crippen LogP contribution is 2.21. The molecule has 1 unspecified atom stereocenters. The number of imidazole rings is 1. The van der Waals surface area contributed by atoms with Crippen molar-refractivity contribution in [2.75, 3.05) is 18.5 Å². The summed E-state index contributed by atoms with van der Waals surface area (Å²) in [5.74, 6) is 1.71. The van der Waals surface area contributed by atoms with E-state index in [1.165, 1.54) is 0 Å². The molecular weight excluding hydrogens is 352 g/mol. The predicted molar refractivity (Wildman–Crippen MR) is 111 cm³/mol. The van der Waals surface area contributed by atoms with Gasteiger partial charge in [-0.2, -0.15) is 0 Å². The predicted octanol–water partition coefficient (Wildman–Crippen LogP) is 2.04. The van der Waals surface area contributed by atoms with Gasteiger partial charge in [0.15, 0.2) is 5.96 Å². The van der Waals surface area contributed by atoms with E-state index in [1.54, 1.807) is 7.05 Å². The van der Waals surface area contributed by atoms with Crippen molar-refractivity contribution >= 4 is 28.6 Å². The number of aliphatic imine (C=N–C) groups is 1. The van der Waals surface area contributed by atoms with Crippen LogP contribution in [0, 0.1) is 0 Å². The van der Waals surface area contributed by atoms with Gasteiger partial charge in [0.1, 0.15) is 5.82 Å². The van der Waals surface area contributed by atoms with Gasteiger partial charge in [-0.15, -0.1) is 0 Å². The van der Waals surface area contributed by atoms with E-state index in [0.717, 1.165) is 22.5 Å². The Kier molecular flexibility index (Phi) is 4.97. The Balaban J connectivity index is 1.39. The van der Waals surface area contributed by atoms with Crippen LogP contribution in [0.2, 0.25) is 0 Å². The number of rotatable bonds is 4. The summed E-state index contributed by atoms with van der Waals surface area (Å²) in [6, 6.07) is 17.8. The number of nitrogens with zero attached hydrogens (tertiary/aromatic N) is 4. The molecule has 0 spiro atoms. The molecule has 4 rings (SSSR count). The van der Waals surface area contributed by atoms with Crippen molar-refractivity contribution in [3.05, 3.63) is 60.4 Å². The summed E-state index contributed by atoms with van der Waals surface area (Å²) in [5, 5.41) is 6.67. The van der Waals surface area contributed by atoms with Gasteiger partial charge in [0.25, 0.3) is 0 Å². The standard InChI is InChI=1S/C21H24N6O/c1-22-21(23-13-19-25-17-10-6-7-11-18(17)26(19)2)24-15-12-20(28)27(14-15)16-8-4-3-5-9-16/h3-11,15H,12-14H2,1-2H3,(H2,22,23,24). The SMILES string of the molecule is CN=C(NCc1nc2ccccc2n1C)NC1CC(=O)N(c2ccccc2)C1. The normalized spacial score (nSPS) is 17.4. The van der Waals surface area contributed by atoms with Crippen molar-refractivity contribution < 1.29 is 4.79 Å². The molecule has 3 aromatic rings. The second kappa shape index (κ2) is 7.72. The number of aromatic nitrogens is 2. The van der Waals surface area contributed by atoms with Gasteiger partial charge in [-0.1, -0.05) is 30.3 Å². The van der Waals surface area contributed by atoms with Crippen LogP contribution >= 0.6 is 0 Å². The molecule has 0 saturated carbocycles. The minimum absolute atomic E-state index is 0.0133. The minimum atomic E-state index is 0.0133. The van der Waals surface area contributed by atoms with Crippen LogP contribution in [-0.4, -0.2) is 41.1 Å². The number of nitrogens with one attached hydrogen (secondary N) is 2. The molecule has 0 aliphatic carbocycles. The number of hydrogen-bond donors (Lipinski definition) is 2. The molecule has 1 aromatic heterocycles. The van der Waals surface area contributed by atoms with Crippen molar-refractivity contribution in [3.8, 4) is 0 Å². The maximum atomic E-state index is 12.4. The maximum Gasteiger partial charge on any atom is 0.229 e. The van der Waals surface area contributed by atoms with E-state index in [-0.39, 0.29) is 11.9 Å². The highest BCUT2D eigenvalue weighted by atomic mass is 16.2. The van der Waals surface area contributed by atoms with Crippen molar-refractivity contribution in [3.63, 3.8) is 0 Å². The molecule has 0 radical (unpaired) electrons. The Morgan fingerprint density at radius 2 is 1.93 bits per heavy atom. The zero-order chi connectivity index (χ0) is 19.5. The van der Waals surface area contributed by atoms with Gasteiger partial charge in [-0.3, -0.25) is 9.79 Å². The Morgan fingerprint density at radius 1 is 1.18 bits per heavy atom. The summed E-state index contributed by atoms with van der Waals surface area (Å²) in [5.41, 5.74) is 3.01. The monoisotopic (exact) mass is 376 g/mol. The summed E-state index contributed by atoms with van der Waals surface area (Å²) in [6.45, 7) is 1.17. The minimum Gasteiger partial charge on any atom is -0.351 e. The largest absolute Gasteiger partial charge is 0.351 e. The smallest absolute Gasteiger partial charge is 0.229 e. The molecule has 144 valence electrons. The van der Waals surface area contributed by atoms with Gasteiger partial charge < -0.3 is 20.1 Å². The van der Waals surface area contributed by atoms with Gasteiger partial charge in [0.2, 0.25) is 5.91 Å². The van der Waals surface area contributed by atoms with E-state index in [0.29, 0.717) is 25.5 Å². The molecule has 1 fully saturated rings. The van der Waals surface area contributed by atoms with Gasteiger partial charge in [-0.05, 0) is 24.3 Å². The molecule has 1 aliphatic heterocycles. The molecule has 2 aromatic carbocycles. The van der Waals surface area contributed by atoms with Crippen LogP contribution in [0.3, 0.4) is 0 Å². The van der Waals surface area contributed by atoms with Crippen LogP contribution in [0.1, 0.15) is 12.2 Å². The number of para-hydroxylation sites is 3. The Hall–Kier alpha value is -3.35. The number of benzene rings is 2. The van der Waals surface area contributed by atoms with Crippen LogP contribution in [0.5, 0.6) is 0 Å². The average molecular weight is 376 g/mol. The van der Waals surface area contributed by atoms with E-state index < -0.39 is 0 Å². The fourth-order valence-corrected chi connectivity index (χ4v) is 3.57. The first-order chi connectivity index (χ1) is 13.7. The van der Waals surface area contributed by atoms with E-state index in [4.69, 9.17) is 0 Å². The van der Waals surface area contributed by atoms with Crippen molar-refractivity contribution in [2.24, 2.45) is 12.0 Å². The lowest BCUT2D eigenvalue weighted by Gasteiger charge is -2.19. The van der Waals surface area contributed by atoms with E-state index in [9.17, 15) is 4.79 Å². The fraction of sp³-hybridized carbons (Fsp3) is 0.286. The summed E-state index contributed by atoms with van der Waals surface area (Å²) in [6.07, 6.45) is 0.446. The van der Waals surface area contributed by atoms with Gasteiger partial charge >= 0.3 is 0 Å². The summed E-state index contributed by atoms with van der Waals surface area (Å²) < 4.78 is 2.08. The second-order valence-corrected chi connectivity index (χ2v) is 6.89. The number of fused-ring (bicyclic) bond motifs is 1. The molecular formula is C21H24N6O. The highest BCUT2D eigenvalue weighted by molar-refractivity contribution is 5.97. The maximum absolute atomic E-state index is 12.4. The van der Waals surface area contributed by atoms with Crippen molar-refractivity contribution in [1.29, 1.82) is 0 Å². The Morgan fingerprint density at radius 3 is 2.68 bits per heavy atom. The van der Waals surface area contributed by atoms with Crippen LogP contribution in [0.15, 0.2) is 59.6 Å². The highest BCUT2D eigenvalue weighted by Gasteiger charge is 2.31. The van der Waals surface area contributed by atoms with Gasteiger partial charge in [-0.25, -0.2) is 4.98 Å². The molecule has 7 nitrogen and oxygen atoms in total. The molecule has 2 N–H and O–H groups in total. The zero-order valence-electron chi connectivity index (χ0n) is 16.1. The van der Waals surface area contributed by atoms with Crippen LogP contribution in [0.25, 0.3) is 11.0 Å². The van der Waals surface area contributed by atoms with Crippen LogP contribution < -0.4 is 15.5 Å². The lowest BCUT2D eigenvalue weighted by molar-refractivity contribution is -0.117. The zero-order valence-corrected chi connectivity index (χ0v) is 16.1. The van der Waals surface area contributed by atoms with E-state index in [2.05, 4.69) is 31.2 Å². The molecule has 28 heavy (non-hydrogen) atoms. The lowest BCUT2D eigenvalue weighted by atomic mass is 10.2. The van der Waals surface area contributed by atoms with Crippen LogP contribution in [0.4, 0.5) is 5.69 Å². The molecule has 2 heterocycles. The topological polar surface area (TPSA) is 74.5 Å². The van der Waals surface area contributed by atoms with Crippen molar-refractivity contribution in [2.45, 2.75) is 19.0 Å². The number of amides is 1. The Labute approximate surface area is 164 Å². The first-order valence-electron chi connectivity index (χ1n) is 9.38. The number of anilines is 1. The number of hydrogen-bond acceptors (Lipinski definition) is 3.